The molecule has 2 aromatic rings. The molecule has 3 aliphatic rings. The van der Waals surface area contributed by atoms with E-state index in [0.717, 1.165) is 83.5 Å². The van der Waals surface area contributed by atoms with Gasteiger partial charge in [-0.2, -0.15) is 0 Å². The highest BCUT2D eigenvalue weighted by Crippen LogP contribution is 2.46. The molecule has 0 unspecified atom stereocenters. The number of aliphatic hydroxyl groups is 1. The number of hydrogen-bond acceptors (Lipinski definition) is 9. The Morgan fingerprint density at radius 3 is 1.91 bits per heavy atom. The SMILES string of the molecule is CC[Si](CC)(CC)OCc1c(Cl)c(OC)cc2c(C(=O)O[C@@H]3C=C4C#C[C@]5([C@@H](CO[Si](CC)(CC)CC)O[Si](CC)(CC)CC)O[C@@H]5C#C[C@@H](O)[C@H]4C3)c(O[Si](CC)(CC)CC)ccc12. The van der Waals surface area contributed by atoms with Gasteiger partial charge in [0, 0.05) is 22.4 Å². The Kier molecular flexibility index (Phi) is 18.8. The molecule has 0 spiro atoms. The van der Waals surface area contributed by atoms with Gasteiger partial charge in [-0.3, -0.25) is 0 Å². The fourth-order valence-corrected chi connectivity index (χ4v) is 20.9. The lowest BCUT2D eigenvalue weighted by atomic mass is 9.95. The first-order valence-corrected chi connectivity index (χ1v) is 35.4. The highest BCUT2D eigenvalue weighted by atomic mass is 35.5. The van der Waals surface area contributed by atoms with E-state index in [1.54, 1.807) is 7.11 Å². The molecule has 14 heteroatoms. The van der Waals surface area contributed by atoms with Gasteiger partial charge in [0.05, 0.1) is 25.3 Å². The van der Waals surface area contributed by atoms with Gasteiger partial charge in [-0.25, -0.2) is 4.79 Å². The zero-order valence-corrected chi connectivity index (χ0v) is 46.6. The van der Waals surface area contributed by atoms with Crippen molar-refractivity contribution >= 4 is 61.6 Å². The number of benzene rings is 2. The summed E-state index contributed by atoms with van der Waals surface area (Å²) in [4.78, 5) is 15.0. The van der Waals surface area contributed by atoms with Crippen LogP contribution in [0.2, 0.25) is 77.6 Å². The molecule has 2 aromatic carbocycles. The summed E-state index contributed by atoms with van der Waals surface area (Å²) in [5, 5.41) is 13.5. The summed E-state index contributed by atoms with van der Waals surface area (Å²) in [5.74, 6) is 13.3. The first kappa shape index (κ1) is 53.5. The predicted octanol–water partition coefficient (Wildman–Crippen LogP) is 12.8. The lowest BCUT2D eigenvalue weighted by Crippen LogP contribution is -2.50. The van der Waals surface area contributed by atoms with Crippen molar-refractivity contribution in [1.29, 1.82) is 0 Å². The molecule has 9 nitrogen and oxygen atoms in total. The third kappa shape index (κ3) is 11.1. The van der Waals surface area contributed by atoms with Gasteiger partial charge in [-0.05, 0) is 103 Å². The highest BCUT2D eigenvalue weighted by Gasteiger charge is 2.63. The van der Waals surface area contributed by atoms with Crippen molar-refractivity contribution in [2.24, 2.45) is 5.92 Å². The molecule has 360 valence electrons. The van der Waals surface area contributed by atoms with E-state index in [9.17, 15) is 9.90 Å². The Bertz CT molecular complexity index is 2090. The van der Waals surface area contributed by atoms with Crippen LogP contribution in [0.5, 0.6) is 11.5 Å². The smallest absolute Gasteiger partial charge is 0.343 e. The normalized spacial score (nSPS) is 22.2. The van der Waals surface area contributed by atoms with Crippen molar-refractivity contribution in [3.8, 4) is 35.2 Å². The molecule has 0 radical (unpaired) electrons. The Labute approximate surface area is 400 Å². The number of methoxy groups -OCH3 is 1. The third-order valence-corrected chi connectivity index (χ3v) is 34.9. The quantitative estimate of drug-likeness (QED) is 0.0427. The van der Waals surface area contributed by atoms with Crippen molar-refractivity contribution in [2.75, 3.05) is 13.7 Å². The molecule has 2 aliphatic carbocycles. The molecule has 0 aromatic heterocycles. The van der Waals surface area contributed by atoms with Gasteiger partial charge in [-0.1, -0.05) is 124 Å². The fraction of sp³-hybridized carbons (Fsp3) is 0.667. The van der Waals surface area contributed by atoms with E-state index in [1.807, 2.05) is 24.3 Å². The molecular formula is C51H79ClO9Si4. The van der Waals surface area contributed by atoms with E-state index in [-0.39, 0.29) is 0 Å². The van der Waals surface area contributed by atoms with Gasteiger partial charge in [-0.15, -0.1) is 0 Å². The number of carbonyl (C=O) groups excluding carboxylic acids is 1. The molecule has 65 heavy (non-hydrogen) atoms. The molecule has 0 bridgehead atoms. The summed E-state index contributed by atoms with van der Waals surface area (Å²) in [6, 6.07) is 17.4. The third-order valence-electron chi connectivity index (χ3n) is 16.0. The van der Waals surface area contributed by atoms with Crippen LogP contribution >= 0.6 is 11.6 Å². The van der Waals surface area contributed by atoms with Crippen molar-refractivity contribution in [3.05, 3.63) is 46.0 Å². The monoisotopic (exact) mass is 982 g/mol. The van der Waals surface area contributed by atoms with Crippen molar-refractivity contribution < 1.29 is 41.8 Å². The summed E-state index contributed by atoms with van der Waals surface area (Å²) in [6.07, 6.45) is -0.451. The second-order valence-corrected chi connectivity index (χ2v) is 37.7. The molecule has 0 amide bonds. The van der Waals surface area contributed by atoms with Gasteiger partial charge in [0.25, 0.3) is 8.32 Å². The summed E-state index contributed by atoms with van der Waals surface area (Å²) in [6.45, 7) is 27.2. The van der Waals surface area contributed by atoms with E-state index >= 15 is 0 Å². The number of ether oxygens (including phenoxy) is 3. The number of epoxide rings is 1. The number of hydrogen-bond donors (Lipinski definition) is 1. The highest BCUT2D eigenvalue weighted by molar-refractivity contribution is 6.75. The van der Waals surface area contributed by atoms with E-state index in [0.29, 0.717) is 52.7 Å². The largest absolute Gasteiger partial charge is 0.543 e. The standard InChI is InChI=1S/C51H79ClO9Si4/c1-14-62(15-2,16-3)56-35-42-39-26-28-44(60-64(20-7,21-8)22-9)48(41(39)34-45(55-13)49(42)52)50(54)58-38-32-37-30-31-51(46(59-51)29-27-43(53)40(37)33-38)47(61-65(23-10,24-11)25-12)36-57-63(17-4,18-5)19-6/h26,28,32,34,38,40,43,46-47,53H,14-25,33,35-36H2,1-13H3/t38-,40+,43-,46-,47-,51+/m1/s1. The van der Waals surface area contributed by atoms with Crippen LogP contribution in [-0.2, 0) is 29.4 Å². The molecule has 1 aliphatic heterocycles. The molecule has 5 rings (SSSR count). The van der Waals surface area contributed by atoms with Crippen LogP contribution in [0.1, 0.15) is 105 Å². The lowest BCUT2D eigenvalue weighted by Gasteiger charge is -2.37. The molecular weight excluding hydrogens is 904 g/mol. The Hall–Kier alpha value is -2.41. The fourth-order valence-electron chi connectivity index (χ4n) is 10.0. The van der Waals surface area contributed by atoms with Crippen LogP contribution in [0, 0.1) is 29.6 Å². The summed E-state index contributed by atoms with van der Waals surface area (Å²) < 4.78 is 46.8. The predicted molar refractivity (Wildman–Crippen MR) is 275 cm³/mol. The van der Waals surface area contributed by atoms with Crippen molar-refractivity contribution in [2.45, 2.75) is 199 Å². The van der Waals surface area contributed by atoms with Crippen LogP contribution in [-0.4, -0.2) is 88.1 Å². The van der Waals surface area contributed by atoms with E-state index in [2.05, 4.69) is 107 Å². The van der Waals surface area contributed by atoms with Crippen molar-refractivity contribution in [3.63, 3.8) is 0 Å². The minimum absolute atomic E-state index is 0.301. The Morgan fingerprint density at radius 2 is 1.35 bits per heavy atom. The average Bonchev–Trinajstić information content (AvgIpc) is 3.90. The van der Waals surface area contributed by atoms with E-state index in [4.69, 9.17) is 43.5 Å². The minimum Gasteiger partial charge on any atom is -0.543 e. The topological polar surface area (TPSA) is 105 Å². The summed E-state index contributed by atoms with van der Waals surface area (Å²) in [7, 11) is -6.82. The molecule has 1 heterocycles. The molecule has 6 atom stereocenters. The zero-order valence-electron chi connectivity index (χ0n) is 41.9. The van der Waals surface area contributed by atoms with E-state index in [1.165, 1.54) is 0 Å². The van der Waals surface area contributed by atoms with Gasteiger partial charge in [0.15, 0.2) is 36.7 Å². The first-order valence-electron chi connectivity index (χ1n) is 24.9. The second-order valence-electron chi connectivity index (χ2n) is 18.4. The number of halogens is 1. The zero-order chi connectivity index (χ0) is 47.8. The van der Waals surface area contributed by atoms with Gasteiger partial charge in [0.2, 0.25) is 0 Å². The van der Waals surface area contributed by atoms with Gasteiger partial charge >= 0.3 is 5.97 Å². The number of carbonyl (C=O) groups is 1. The lowest BCUT2D eigenvalue weighted by molar-refractivity contribution is 0.0356. The van der Waals surface area contributed by atoms with Crippen LogP contribution in [0.4, 0.5) is 0 Å². The number of aliphatic hydroxyl groups excluding tert-OH is 1. The van der Waals surface area contributed by atoms with Crippen LogP contribution in [0.3, 0.4) is 0 Å². The molecule has 1 saturated heterocycles. The summed E-state index contributed by atoms with van der Waals surface area (Å²) >= 11 is 7.10. The van der Waals surface area contributed by atoms with Crippen LogP contribution in [0.15, 0.2) is 29.8 Å². The van der Waals surface area contributed by atoms with Gasteiger partial charge in [0.1, 0.15) is 35.4 Å². The number of esters is 1. The molecule has 0 saturated carbocycles. The first-order chi connectivity index (χ1) is 31.1. The maximum Gasteiger partial charge on any atom is 0.343 e. The maximum atomic E-state index is 15.0. The average molecular weight is 984 g/mol. The van der Waals surface area contributed by atoms with Crippen LogP contribution < -0.4 is 9.16 Å². The number of rotatable bonds is 26. The molecule has 1 fully saturated rings. The molecule has 1 N–H and O–H groups in total. The minimum atomic E-state index is -2.27. The Morgan fingerprint density at radius 1 is 0.785 bits per heavy atom. The maximum absolute atomic E-state index is 15.0. The van der Waals surface area contributed by atoms with Crippen molar-refractivity contribution in [1.82, 2.24) is 0 Å². The van der Waals surface area contributed by atoms with Gasteiger partial charge < -0.3 is 37.0 Å². The second kappa shape index (κ2) is 22.8. The number of fused-ring (bicyclic) bond motifs is 3. The Balaban J connectivity index is 1.58. The summed E-state index contributed by atoms with van der Waals surface area (Å²) in [5.41, 5.74) is 0.787. The van der Waals surface area contributed by atoms with E-state index < -0.39 is 75.2 Å². The van der Waals surface area contributed by atoms with Crippen LogP contribution in [0.25, 0.3) is 10.8 Å².